The molecule has 0 radical (unpaired) electrons. The molecule has 0 saturated heterocycles. The molecule has 0 aliphatic carbocycles. The SMILES string of the molecule is COc1ccc(C)cc1-c1nc(C=O)[nH]c1C. The highest BCUT2D eigenvalue weighted by molar-refractivity contribution is 5.75. The Kier molecular flexibility index (Phi) is 2.95. The zero-order chi connectivity index (χ0) is 12.4. The fraction of sp³-hybridized carbons (Fsp3) is 0.231. The summed E-state index contributed by atoms with van der Waals surface area (Å²) in [6, 6.07) is 5.88. The first-order valence-electron chi connectivity index (χ1n) is 5.32. The molecule has 0 unspecified atom stereocenters. The van der Waals surface area contributed by atoms with E-state index in [4.69, 9.17) is 4.74 Å². The van der Waals surface area contributed by atoms with Gasteiger partial charge in [-0.1, -0.05) is 11.6 Å². The molecule has 0 spiro atoms. The average molecular weight is 230 g/mol. The van der Waals surface area contributed by atoms with E-state index in [0.717, 1.165) is 28.3 Å². The summed E-state index contributed by atoms with van der Waals surface area (Å²) in [5.41, 5.74) is 3.63. The molecule has 1 N–H and O–H groups in total. The highest BCUT2D eigenvalue weighted by Gasteiger charge is 2.13. The van der Waals surface area contributed by atoms with E-state index in [9.17, 15) is 4.79 Å². The molecular formula is C13H14N2O2. The topological polar surface area (TPSA) is 55.0 Å². The predicted molar refractivity (Wildman–Crippen MR) is 65.4 cm³/mol. The van der Waals surface area contributed by atoms with Gasteiger partial charge in [0, 0.05) is 11.3 Å². The Morgan fingerprint density at radius 1 is 1.35 bits per heavy atom. The minimum atomic E-state index is 0.334. The van der Waals surface area contributed by atoms with E-state index in [1.54, 1.807) is 7.11 Å². The van der Waals surface area contributed by atoms with Crippen LogP contribution in [0.4, 0.5) is 0 Å². The first kappa shape index (κ1) is 11.4. The van der Waals surface area contributed by atoms with E-state index >= 15 is 0 Å². The molecule has 0 fully saturated rings. The summed E-state index contributed by atoms with van der Waals surface area (Å²) in [4.78, 5) is 17.9. The second-order valence-corrected chi connectivity index (χ2v) is 3.92. The number of nitrogens with zero attached hydrogens (tertiary/aromatic N) is 1. The maximum Gasteiger partial charge on any atom is 0.185 e. The van der Waals surface area contributed by atoms with Crippen molar-refractivity contribution >= 4 is 6.29 Å². The van der Waals surface area contributed by atoms with E-state index in [2.05, 4.69) is 9.97 Å². The Morgan fingerprint density at radius 2 is 2.12 bits per heavy atom. The fourth-order valence-electron chi connectivity index (χ4n) is 1.81. The largest absolute Gasteiger partial charge is 0.496 e. The number of imidazole rings is 1. The summed E-state index contributed by atoms with van der Waals surface area (Å²) < 4.78 is 5.31. The molecule has 4 nitrogen and oxygen atoms in total. The van der Waals surface area contributed by atoms with Gasteiger partial charge >= 0.3 is 0 Å². The predicted octanol–water partition coefficient (Wildman–Crippen LogP) is 2.51. The maximum atomic E-state index is 10.7. The zero-order valence-corrected chi connectivity index (χ0v) is 10.1. The minimum Gasteiger partial charge on any atom is -0.496 e. The van der Waals surface area contributed by atoms with E-state index in [0.29, 0.717) is 12.1 Å². The van der Waals surface area contributed by atoms with Crippen LogP contribution in [0.1, 0.15) is 21.9 Å². The number of H-pyrrole nitrogens is 1. The van der Waals surface area contributed by atoms with Crippen molar-refractivity contribution in [2.75, 3.05) is 7.11 Å². The number of rotatable bonds is 3. The number of aldehydes is 1. The van der Waals surface area contributed by atoms with Crippen LogP contribution in [-0.2, 0) is 0 Å². The number of hydrogen-bond donors (Lipinski definition) is 1. The third-order valence-corrected chi connectivity index (χ3v) is 2.62. The molecule has 2 rings (SSSR count). The van der Waals surface area contributed by atoms with Crippen molar-refractivity contribution in [1.82, 2.24) is 9.97 Å². The van der Waals surface area contributed by atoms with E-state index < -0.39 is 0 Å². The molecule has 0 atom stereocenters. The smallest absolute Gasteiger partial charge is 0.185 e. The number of nitrogens with one attached hydrogen (secondary N) is 1. The van der Waals surface area contributed by atoms with Crippen LogP contribution < -0.4 is 4.74 Å². The van der Waals surface area contributed by atoms with Crippen molar-refractivity contribution < 1.29 is 9.53 Å². The van der Waals surface area contributed by atoms with Crippen molar-refractivity contribution in [3.8, 4) is 17.0 Å². The highest BCUT2D eigenvalue weighted by atomic mass is 16.5. The standard InChI is InChI=1S/C13H14N2O2/c1-8-4-5-11(17-3)10(6-8)13-9(2)14-12(7-16)15-13/h4-7H,1-3H3,(H,14,15). The summed E-state index contributed by atoms with van der Waals surface area (Å²) in [7, 11) is 1.62. The van der Waals surface area contributed by atoms with Crippen LogP contribution in [0.25, 0.3) is 11.3 Å². The maximum absolute atomic E-state index is 10.7. The summed E-state index contributed by atoms with van der Waals surface area (Å²) in [5, 5.41) is 0. The van der Waals surface area contributed by atoms with Gasteiger partial charge in [-0.05, 0) is 26.0 Å². The Labute approximate surface area is 99.7 Å². The quantitative estimate of drug-likeness (QED) is 0.824. The Morgan fingerprint density at radius 3 is 2.71 bits per heavy atom. The Balaban J connectivity index is 2.61. The van der Waals surface area contributed by atoms with Gasteiger partial charge in [-0.3, -0.25) is 4.79 Å². The Hall–Kier alpha value is -2.10. The van der Waals surface area contributed by atoms with Gasteiger partial charge in [0.1, 0.15) is 5.75 Å². The molecule has 0 aliphatic heterocycles. The molecule has 0 amide bonds. The third kappa shape index (κ3) is 2.06. The lowest BCUT2D eigenvalue weighted by atomic mass is 10.1. The second-order valence-electron chi connectivity index (χ2n) is 3.92. The number of ether oxygens (including phenoxy) is 1. The van der Waals surface area contributed by atoms with Crippen LogP contribution in [0, 0.1) is 13.8 Å². The van der Waals surface area contributed by atoms with E-state index in [-0.39, 0.29) is 0 Å². The molecule has 4 heteroatoms. The number of aryl methyl sites for hydroxylation is 2. The summed E-state index contributed by atoms with van der Waals surface area (Å²) in [5.74, 6) is 1.09. The summed E-state index contributed by atoms with van der Waals surface area (Å²) >= 11 is 0. The highest BCUT2D eigenvalue weighted by Crippen LogP contribution is 2.31. The van der Waals surface area contributed by atoms with Gasteiger partial charge in [0.2, 0.25) is 0 Å². The number of aromatic amines is 1. The normalized spacial score (nSPS) is 10.3. The zero-order valence-electron chi connectivity index (χ0n) is 10.1. The van der Waals surface area contributed by atoms with Crippen molar-refractivity contribution in [2.45, 2.75) is 13.8 Å². The number of carbonyl (C=O) groups is 1. The first-order valence-corrected chi connectivity index (χ1v) is 5.32. The van der Waals surface area contributed by atoms with Crippen LogP contribution in [0.15, 0.2) is 18.2 Å². The van der Waals surface area contributed by atoms with Crippen molar-refractivity contribution in [3.63, 3.8) is 0 Å². The first-order chi connectivity index (χ1) is 8.15. The molecule has 1 heterocycles. The molecule has 0 saturated carbocycles. The Bertz CT molecular complexity index is 559. The molecule has 88 valence electrons. The van der Waals surface area contributed by atoms with Gasteiger partial charge in [0.15, 0.2) is 12.1 Å². The van der Waals surface area contributed by atoms with Gasteiger partial charge in [-0.15, -0.1) is 0 Å². The molecular weight excluding hydrogens is 216 g/mol. The monoisotopic (exact) mass is 230 g/mol. The van der Waals surface area contributed by atoms with Gasteiger partial charge in [0.25, 0.3) is 0 Å². The van der Waals surface area contributed by atoms with Crippen molar-refractivity contribution in [2.24, 2.45) is 0 Å². The van der Waals surface area contributed by atoms with Gasteiger partial charge in [0.05, 0.1) is 12.8 Å². The number of benzene rings is 1. The third-order valence-electron chi connectivity index (χ3n) is 2.62. The second kappa shape index (κ2) is 4.41. The van der Waals surface area contributed by atoms with Crippen molar-refractivity contribution in [3.05, 3.63) is 35.3 Å². The molecule has 17 heavy (non-hydrogen) atoms. The lowest BCUT2D eigenvalue weighted by Crippen LogP contribution is -1.90. The van der Waals surface area contributed by atoms with Gasteiger partial charge in [-0.2, -0.15) is 0 Å². The van der Waals surface area contributed by atoms with Crippen LogP contribution in [0.2, 0.25) is 0 Å². The number of hydrogen-bond acceptors (Lipinski definition) is 3. The fourth-order valence-corrected chi connectivity index (χ4v) is 1.81. The van der Waals surface area contributed by atoms with Crippen LogP contribution >= 0.6 is 0 Å². The van der Waals surface area contributed by atoms with Crippen LogP contribution in [-0.4, -0.2) is 23.4 Å². The molecule has 2 aromatic rings. The summed E-state index contributed by atoms with van der Waals surface area (Å²) in [6.45, 7) is 3.89. The lowest BCUT2D eigenvalue weighted by molar-refractivity contribution is 0.111. The van der Waals surface area contributed by atoms with Crippen LogP contribution in [0.3, 0.4) is 0 Å². The molecule has 1 aromatic carbocycles. The lowest BCUT2D eigenvalue weighted by Gasteiger charge is -2.07. The van der Waals surface area contributed by atoms with E-state index in [1.165, 1.54) is 0 Å². The summed E-state index contributed by atoms with van der Waals surface area (Å²) in [6.07, 6.45) is 0.707. The van der Waals surface area contributed by atoms with Gasteiger partial charge in [-0.25, -0.2) is 4.98 Å². The van der Waals surface area contributed by atoms with Crippen LogP contribution in [0.5, 0.6) is 5.75 Å². The number of aromatic nitrogens is 2. The van der Waals surface area contributed by atoms with Crippen molar-refractivity contribution in [1.29, 1.82) is 0 Å². The minimum absolute atomic E-state index is 0.334. The van der Waals surface area contributed by atoms with Gasteiger partial charge < -0.3 is 9.72 Å². The average Bonchev–Trinajstić information content (AvgIpc) is 2.70. The number of carbonyl (C=O) groups excluding carboxylic acids is 1. The molecule has 0 bridgehead atoms. The van der Waals surface area contributed by atoms with E-state index in [1.807, 2.05) is 32.0 Å². The molecule has 1 aromatic heterocycles. The molecule has 0 aliphatic rings. The number of methoxy groups -OCH3 is 1.